The third kappa shape index (κ3) is 2.67. The van der Waals surface area contributed by atoms with Crippen molar-refractivity contribution in [3.8, 4) is 0 Å². The summed E-state index contributed by atoms with van der Waals surface area (Å²) in [5.41, 5.74) is -0.0385. The Hall–Kier alpha value is -0.340. The van der Waals surface area contributed by atoms with E-state index in [1.807, 2.05) is 0 Å². The lowest BCUT2D eigenvalue weighted by atomic mass is 9.83. The number of hydrogen-bond acceptors (Lipinski definition) is 2. The Bertz CT molecular complexity index is 270. The maximum atomic E-state index is 6.10. The van der Waals surface area contributed by atoms with E-state index in [0.29, 0.717) is 17.9 Å². The van der Waals surface area contributed by atoms with Gasteiger partial charge < -0.3 is 9.47 Å². The van der Waals surface area contributed by atoms with Gasteiger partial charge in [0.05, 0.1) is 11.7 Å². The Morgan fingerprint density at radius 3 is 2.44 bits per heavy atom. The van der Waals surface area contributed by atoms with Gasteiger partial charge >= 0.3 is 0 Å². The van der Waals surface area contributed by atoms with Gasteiger partial charge in [0, 0.05) is 12.3 Å². The molecule has 2 rings (SSSR count). The topological polar surface area (TPSA) is 18.5 Å². The molecule has 0 aromatic heterocycles. The molecule has 0 amide bonds. The van der Waals surface area contributed by atoms with Gasteiger partial charge in [-0.1, -0.05) is 19.1 Å². The molecule has 1 saturated heterocycles. The highest BCUT2D eigenvalue weighted by atomic mass is 16.7. The predicted molar refractivity (Wildman–Crippen MR) is 65.1 cm³/mol. The molecule has 1 aliphatic heterocycles. The minimum absolute atomic E-state index is 0.0151. The van der Waals surface area contributed by atoms with Crippen molar-refractivity contribution < 1.29 is 9.47 Å². The van der Waals surface area contributed by atoms with E-state index in [9.17, 15) is 0 Å². The summed E-state index contributed by atoms with van der Waals surface area (Å²) in [6.07, 6.45) is 8.07. The van der Waals surface area contributed by atoms with Crippen LogP contribution in [0.4, 0.5) is 0 Å². The van der Waals surface area contributed by atoms with Crippen LogP contribution in [0.5, 0.6) is 0 Å². The minimum atomic E-state index is -0.0385. The van der Waals surface area contributed by atoms with Crippen LogP contribution in [0.15, 0.2) is 12.2 Å². The Balaban J connectivity index is 2.05. The summed E-state index contributed by atoms with van der Waals surface area (Å²) in [5, 5.41) is 0. The van der Waals surface area contributed by atoms with E-state index in [-0.39, 0.29) is 11.9 Å². The van der Waals surface area contributed by atoms with E-state index in [1.54, 1.807) is 0 Å². The van der Waals surface area contributed by atoms with E-state index < -0.39 is 0 Å². The Morgan fingerprint density at radius 1 is 1.12 bits per heavy atom. The fourth-order valence-electron chi connectivity index (χ4n) is 2.90. The summed E-state index contributed by atoms with van der Waals surface area (Å²) in [7, 11) is 0. The van der Waals surface area contributed by atoms with Crippen LogP contribution in [-0.4, -0.2) is 18.0 Å². The normalized spacial score (nSPS) is 43.2. The summed E-state index contributed by atoms with van der Waals surface area (Å²) in [6.45, 7) is 8.79. The van der Waals surface area contributed by atoms with Crippen molar-refractivity contribution in [3.63, 3.8) is 0 Å². The third-order valence-electron chi connectivity index (χ3n) is 3.74. The van der Waals surface area contributed by atoms with Crippen LogP contribution in [0, 0.1) is 11.8 Å². The van der Waals surface area contributed by atoms with Gasteiger partial charge in [-0.15, -0.1) is 0 Å². The number of hydrogen-bond donors (Lipinski definition) is 0. The van der Waals surface area contributed by atoms with Crippen molar-refractivity contribution in [1.29, 1.82) is 0 Å². The molecule has 2 aliphatic rings. The Labute approximate surface area is 99.0 Å². The van der Waals surface area contributed by atoms with Gasteiger partial charge in [-0.2, -0.15) is 0 Å². The molecule has 4 atom stereocenters. The Morgan fingerprint density at radius 2 is 1.81 bits per heavy atom. The maximum absolute atomic E-state index is 6.10. The summed E-state index contributed by atoms with van der Waals surface area (Å²) >= 11 is 0. The smallest absolute Gasteiger partial charge is 0.161 e. The maximum Gasteiger partial charge on any atom is 0.161 e. The highest BCUT2D eigenvalue weighted by Crippen LogP contribution is 2.37. The van der Waals surface area contributed by atoms with E-state index in [4.69, 9.17) is 9.47 Å². The lowest BCUT2D eigenvalue weighted by Gasteiger charge is -2.44. The fraction of sp³-hybridized carbons (Fsp3) is 0.857. The van der Waals surface area contributed by atoms with Crippen molar-refractivity contribution in [1.82, 2.24) is 0 Å². The predicted octanol–water partition coefficient (Wildman–Crippen LogP) is 3.52. The molecule has 0 bridgehead atoms. The lowest BCUT2D eigenvalue weighted by molar-refractivity contribution is -0.292. The third-order valence-corrected chi connectivity index (χ3v) is 3.74. The average Bonchev–Trinajstić information content (AvgIpc) is 2.15. The molecule has 0 radical (unpaired) electrons. The van der Waals surface area contributed by atoms with E-state index in [2.05, 4.69) is 39.8 Å². The van der Waals surface area contributed by atoms with Gasteiger partial charge in [0.25, 0.3) is 0 Å². The van der Waals surface area contributed by atoms with Crippen LogP contribution in [0.3, 0.4) is 0 Å². The standard InChI is InChI=1S/C14H24O2/c1-10-7-5-6-8-12(10)13-15-11(2)9-14(3,4)16-13/h5-6,10-13H,7-9H2,1-4H3/t10-,11+,12-,13+/m0/s1. The van der Waals surface area contributed by atoms with Gasteiger partial charge in [0.15, 0.2) is 6.29 Å². The second kappa shape index (κ2) is 4.50. The Kier molecular flexibility index (Phi) is 3.41. The molecule has 2 nitrogen and oxygen atoms in total. The molecule has 1 heterocycles. The molecule has 2 heteroatoms. The second-order valence-electron chi connectivity index (χ2n) is 5.98. The summed E-state index contributed by atoms with van der Waals surface area (Å²) < 4.78 is 12.1. The first-order chi connectivity index (χ1) is 7.48. The molecule has 0 aromatic rings. The molecule has 1 fully saturated rings. The monoisotopic (exact) mass is 224 g/mol. The minimum Gasteiger partial charge on any atom is -0.349 e. The van der Waals surface area contributed by atoms with Gasteiger partial charge in [0.1, 0.15) is 0 Å². The summed E-state index contributed by atoms with van der Waals surface area (Å²) in [5.74, 6) is 1.18. The van der Waals surface area contributed by atoms with Crippen LogP contribution in [-0.2, 0) is 9.47 Å². The summed E-state index contributed by atoms with van der Waals surface area (Å²) in [4.78, 5) is 0. The van der Waals surface area contributed by atoms with Crippen LogP contribution < -0.4 is 0 Å². The molecule has 92 valence electrons. The zero-order valence-electron chi connectivity index (χ0n) is 10.9. The second-order valence-corrected chi connectivity index (χ2v) is 5.98. The first-order valence-electron chi connectivity index (χ1n) is 6.46. The van der Waals surface area contributed by atoms with Crippen LogP contribution in [0.2, 0.25) is 0 Å². The number of allylic oxidation sites excluding steroid dienone is 2. The zero-order chi connectivity index (χ0) is 11.8. The van der Waals surface area contributed by atoms with E-state index in [1.165, 1.54) is 0 Å². The lowest BCUT2D eigenvalue weighted by Crippen LogP contribution is -2.47. The van der Waals surface area contributed by atoms with Gasteiger partial charge in [-0.25, -0.2) is 0 Å². The van der Waals surface area contributed by atoms with Crippen LogP contribution >= 0.6 is 0 Å². The SMILES string of the molecule is C[C@@H]1CC(C)(C)O[C@H]([C@H]2CC=CC[C@@H]2C)O1. The number of ether oxygens (including phenoxy) is 2. The molecule has 0 spiro atoms. The fourth-order valence-corrected chi connectivity index (χ4v) is 2.90. The summed E-state index contributed by atoms with van der Waals surface area (Å²) in [6, 6.07) is 0. The molecule has 16 heavy (non-hydrogen) atoms. The molecule has 0 unspecified atom stereocenters. The quantitative estimate of drug-likeness (QED) is 0.634. The van der Waals surface area contributed by atoms with Crippen LogP contribution in [0.25, 0.3) is 0 Å². The first-order valence-corrected chi connectivity index (χ1v) is 6.46. The highest BCUT2D eigenvalue weighted by Gasteiger charge is 2.39. The van der Waals surface area contributed by atoms with Crippen molar-refractivity contribution in [3.05, 3.63) is 12.2 Å². The van der Waals surface area contributed by atoms with Crippen molar-refractivity contribution in [2.24, 2.45) is 11.8 Å². The highest BCUT2D eigenvalue weighted by molar-refractivity contribution is 4.95. The number of rotatable bonds is 1. The zero-order valence-corrected chi connectivity index (χ0v) is 10.9. The van der Waals surface area contributed by atoms with E-state index in [0.717, 1.165) is 19.3 Å². The molecular weight excluding hydrogens is 200 g/mol. The first kappa shape index (κ1) is 12.1. The van der Waals surface area contributed by atoms with Crippen molar-refractivity contribution in [2.75, 3.05) is 0 Å². The van der Waals surface area contributed by atoms with Crippen LogP contribution in [0.1, 0.15) is 47.0 Å². The largest absolute Gasteiger partial charge is 0.349 e. The molecule has 0 N–H and O–H groups in total. The van der Waals surface area contributed by atoms with Gasteiger partial charge in [-0.3, -0.25) is 0 Å². The molecular formula is C14H24O2. The van der Waals surface area contributed by atoms with E-state index >= 15 is 0 Å². The molecule has 0 aromatic carbocycles. The van der Waals surface area contributed by atoms with Crippen molar-refractivity contribution >= 4 is 0 Å². The molecule has 0 saturated carbocycles. The van der Waals surface area contributed by atoms with Gasteiger partial charge in [-0.05, 0) is 39.5 Å². The van der Waals surface area contributed by atoms with Crippen molar-refractivity contribution in [2.45, 2.75) is 65.0 Å². The molecule has 1 aliphatic carbocycles. The average molecular weight is 224 g/mol. The van der Waals surface area contributed by atoms with Gasteiger partial charge in [0.2, 0.25) is 0 Å².